The van der Waals surface area contributed by atoms with Gasteiger partial charge in [0.2, 0.25) is 0 Å². The Morgan fingerprint density at radius 2 is 1.79 bits per heavy atom. The summed E-state index contributed by atoms with van der Waals surface area (Å²) in [6.07, 6.45) is 5.82. The first-order valence-electron chi connectivity index (χ1n) is 5.79. The number of aromatic nitrogens is 2. The predicted molar refractivity (Wildman–Crippen MR) is 86.9 cm³/mol. The number of pyridine rings is 1. The van der Waals surface area contributed by atoms with Crippen LogP contribution in [-0.4, -0.2) is 9.97 Å². The molecule has 0 amide bonds. The molecule has 2 nitrogen and oxygen atoms in total. The second-order valence-electron chi connectivity index (χ2n) is 4.19. The van der Waals surface area contributed by atoms with E-state index in [4.69, 9.17) is 0 Å². The van der Waals surface area contributed by atoms with Gasteiger partial charge in [-0.3, -0.25) is 4.98 Å². The van der Waals surface area contributed by atoms with Crippen LogP contribution in [0.4, 0.5) is 0 Å². The van der Waals surface area contributed by atoms with E-state index >= 15 is 0 Å². The van der Waals surface area contributed by atoms with Crippen LogP contribution in [0, 0.1) is 0 Å². The van der Waals surface area contributed by atoms with Crippen LogP contribution in [0.5, 0.6) is 0 Å². The van der Waals surface area contributed by atoms with Gasteiger partial charge >= 0.3 is 0 Å². The number of fused-ring (bicyclic) bond motifs is 1. The van der Waals surface area contributed by atoms with Crippen LogP contribution in [0.1, 0.15) is 11.4 Å². The highest BCUT2D eigenvalue weighted by Crippen LogP contribution is 2.21. The molecule has 0 unspecified atom stereocenters. The van der Waals surface area contributed by atoms with Crippen molar-refractivity contribution in [2.45, 2.75) is 0 Å². The van der Waals surface area contributed by atoms with Crippen LogP contribution >= 0.6 is 31.9 Å². The van der Waals surface area contributed by atoms with Crippen LogP contribution < -0.4 is 0 Å². The highest BCUT2D eigenvalue weighted by Gasteiger charge is 1.98. The third-order valence-corrected chi connectivity index (χ3v) is 3.75. The monoisotopic (exact) mass is 376 g/mol. The molecule has 0 aliphatic rings. The summed E-state index contributed by atoms with van der Waals surface area (Å²) in [5, 5.41) is 1.20. The molecule has 0 saturated carbocycles. The van der Waals surface area contributed by atoms with Crippen molar-refractivity contribution >= 4 is 54.9 Å². The molecule has 0 aliphatic carbocycles. The van der Waals surface area contributed by atoms with Gasteiger partial charge in [0.1, 0.15) is 0 Å². The first-order chi connectivity index (χ1) is 9.20. The molecule has 19 heavy (non-hydrogen) atoms. The molecule has 0 saturated heterocycles. The number of aromatic amines is 1. The molecular weight excluding hydrogens is 368 g/mol. The summed E-state index contributed by atoms with van der Waals surface area (Å²) in [6.45, 7) is 0. The van der Waals surface area contributed by atoms with E-state index in [2.05, 4.69) is 60.0 Å². The summed E-state index contributed by atoms with van der Waals surface area (Å²) in [5.41, 5.74) is 3.12. The standard InChI is InChI=1S/C15H10Br2N2/c16-11-2-1-10-7-14(19-15(10)8-11)6-5-13-4-3-12(17)9-18-13/h1-9,19H. The predicted octanol–water partition coefficient (Wildman–Crippen LogP) is 5.26. The molecule has 3 rings (SSSR count). The number of nitrogens with zero attached hydrogens (tertiary/aromatic N) is 1. The quantitative estimate of drug-likeness (QED) is 0.648. The van der Waals surface area contributed by atoms with E-state index in [-0.39, 0.29) is 0 Å². The Morgan fingerprint density at radius 1 is 0.947 bits per heavy atom. The lowest BCUT2D eigenvalue weighted by molar-refractivity contribution is 1.28. The van der Waals surface area contributed by atoms with Crippen molar-refractivity contribution in [2.75, 3.05) is 0 Å². The summed E-state index contributed by atoms with van der Waals surface area (Å²) in [7, 11) is 0. The first kappa shape index (κ1) is 12.6. The Labute approximate surface area is 127 Å². The summed E-state index contributed by atoms with van der Waals surface area (Å²) in [6, 6.07) is 12.3. The third kappa shape index (κ3) is 2.96. The maximum Gasteiger partial charge on any atom is 0.0631 e. The van der Waals surface area contributed by atoms with Gasteiger partial charge in [0, 0.05) is 31.7 Å². The Kier molecular flexibility index (Phi) is 3.53. The number of halogens is 2. The van der Waals surface area contributed by atoms with Gasteiger partial charge in [-0.25, -0.2) is 0 Å². The van der Waals surface area contributed by atoms with Crippen molar-refractivity contribution in [3.63, 3.8) is 0 Å². The molecule has 0 bridgehead atoms. The molecule has 94 valence electrons. The lowest BCUT2D eigenvalue weighted by Gasteiger charge is -1.92. The molecule has 1 aromatic carbocycles. The zero-order chi connectivity index (χ0) is 13.2. The van der Waals surface area contributed by atoms with Gasteiger partial charge in [0.15, 0.2) is 0 Å². The fraction of sp³-hybridized carbons (Fsp3) is 0. The molecule has 0 atom stereocenters. The second-order valence-corrected chi connectivity index (χ2v) is 6.02. The van der Waals surface area contributed by atoms with Gasteiger partial charge < -0.3 is 4.98 Å². The van der Waals surface area contributed by atoms with Gasteiger partial charge in [-0.05, 0) is 58.4 Å². The third-order valence-electron chi connectivity index (χ3n) is 2.79. The minimum atomic E-state index is 0.933. The van der Waals surface area contributed by atoms with Crippen molar-refractivity contribution in [1.29, 1.82) is 0 Å². The van der Waals surface area contributed by atoms with Crippen LogP contribution in [0.25, 0.3) is 23.1 Å². The first-order valence-corrected chi connectivity index (χ1v) is 7.37. The van der Waals surface area contributed by atoms with E-state index in [0.717, 1.165) is 25.8 Å². The van der Waals surface area contributed by atoms with Crippen molar-refractivity contribution < 1.29 is 0 Å². The number of H-pyrrole nitrogens is 1. The molecule has 0 spiro atoms. The lowest BCUT2D eigenvalue weighted by atomic mass is 10.2. The van der Waals surface area contributed by atoms with Crippen molar-refractivity contribution in [1.82, 2.24) is 9.97 Å². The van der Waals surface area contributed by atoms with Gasteiger partial charge in [0.25, 0.3) is 0 Å². The van der Waals surface area contributed by atoms with E-state index in [1.54, 1.807) is 6.20 Å². The number of hydrogen-bond donors (Lipinski definition) is 1. The fourth-order valence-electron chi connectivity index (χ4n) is 1.87. The molecule has 2 heterocycles. The van der Waals surface area contributed by atoms with Crippen molar-refractivity contribution in [3.05, 3.63) is 62.9 Å². The van der Waals surface area contributed by atoms with Gasteiger partial charge in [-0.2, -0.15) is 0 Å². The average Bonchev–Trinajstić information content (AvgIpc) is 2.80. The molecule has 4 heteroatoms. The van der Waals surface area contributed by atoms with Crippen LogP contribution in [0.2, 0.25) is 0 Å². The van der Waals surface area contributed by atoms with Gasteiger partial charge in [-0.1, -0.05) is 22.0 Å². The molecule has 0 radical (unpaired) electrons. The summed E-state index contributed by atoms with van der Waals surface area (Å²) >= 11 is 6.85. The van der Waals surface area contributed by atoms with Gasteiger partial charge in [-0.15, -0.1) is 0 Å². The minimum absolute atomic E-state index is 0.933. The topological polar surface area (TPSA) is 28.7 Å². The van der Waals surface area contributed by atoms with Crippen molar-refractivity contribution in [3.8, 4) is 0 Å². The SMILES string of the molecule is Brc1ccc(C=Cc2cc3ccc(Br)cc3[nH]2)nc1. The molecule has 0 fully saturated rings. The Hall–Kier alpha value is -1.39. The number of benzene rings is 1. The zero-order valence-electron chi connectivity index (χ0n) is 9.90. The Bertz CT molecular complexity index is 742. The molecule has 1 N–H and O–H groups in total. The number of nitrogens with one attached hydrogen (secondary N) is 1. The fourth-order valence-corrected chi connectivity index (χ4v) is 2.47. The van der Waals surface area contributed by atoms with E-state index in [0.29, 0.717) is 0 Å². The number of rotatable bonds is 2. The normalized spacial score (nSPS) is 11.5. The van der Waals surface area contributed by atoms with E-state index in [9.17, 15) is 0 Å². The maximum atomic E-state index is 4.31. The minimum Gasteiger partial charge on any atom is -0.355 e. The van der Waals surface area contributed by atoms with E-state index in [1.165, 1.54) is 5.39 Å². The van der Waals surface area contributed by atoms with Crippen LogP contribution in [0.3, 0.4) is 0 Å². The largest absolute Gasteiger partial charge is 0.355 e. The highest BCUT2D eigenvalue weighted by molar-refractivity contribution is 9.10. The Morgan fingerprint density at radius 3 is 2.58 bits per heavy atom. The smallest absolute Gasteiger partial charge is 0.0631 e. The van der Waals surface area contributed by atoms with E-state index in [1.807, 2.05) is 30.4 Å². The summed E-state index contributed by atoms with van der Waals surface area (Å²) in [5.74, 6) is 0. The number of hydrogen-bond acceptors (Lipinski definition) is 1. The van der Waals surface area contributed by atoms with Gasteiger partial charge in [0.05, 0.1) is 5.69 Å². The maximum absolute atomic E-state index is 4.31. The average molecular weight is 378 g/mol. The molecular formula is C15H10Br2N2. The van der Waals surface area contributed by atoms with Crippen molar-refractivity contribution in [2.24, 2.45) is 0 Å². The second kappa shape index (κ2) is 5.31. The summed E-state index contributed by atoms with van der Waals surface area (Å²) < 4.78 is 2.06. The molecule has 0 aliphatic heterocycles. The summed E-state index contributed by atoms with van der Waals surface area (Å²) in [4.78, 5) is 7.67. The van der Waals surface area contributed by atoms with Crippen LogP contribution in [0.15, 0.2) is 51.5 Å². The zero-order valence-corrected chi connectivity index (χ0v) is 13.1. The Balaban J connectivity index is 1.90. The molecule has 3 aromatic rings. The highest BCUT2D eigenvalue weighted by atomic mass is 79.9. The molecule has 2 aromatic heterocycles. The van der Waals surface area contributed by atoms with E-state index < -0.39 is 0 Å². The van der Waals surface area contributed by atoms with Crippen LogP contribution in [-0.2, 0) is 0 Å². The lowest BCUT2D eigenvalue weighted by Crippen LogP contribution is -1.78.